The first-order chi connectivity index (χ1) is 8.85. The number of rotatable bonds is 6. The van der Waals surface area contributed by atoms with Crippen LogP contribution in [0.1, 0.15) is 19.8 Å². The zero-order valence-electron chi connectivity index (χ0n) is 10.1. The molecule has 0 aliphatic rings. The van der Waals surface area contributed by atoms with E-state index in [1.165, 1.54) is 12.1 Å². The zero-order chi connectivity index (χ0) is 14.5. The van der Waals surface area contributed by atoms with Crippen LogP contribution in [0.25, 0.3) is 0 Å². The summed E-state index contributed by atoms with van der Waals surface area (Å²) in [7, 11) is 0. The van der Waals surface area contributed by atoms with Crippen molar-refractivity contribution >= 4 is 11.6 Å². The molecule has 0 fully saturated rings. The van der Waals surface area contributed by atoms with Crippen molar-refractivity contribution in [2.45, 2.75) is 32.3 Å². The van der Waals surface area contributed by atoms with Gasteiger partial charge in [0.25, 0.3) is 0 Å². The molecule has 19 heavy (non-hydrogen) atoms. The molecule has 0 heterocycles. The van der Waals surface area contributed by atoms with E-state index >= 15 is 0 Å². The predicted octanol–water partition coefficient (Wildman–Crippen LogP) is 3.66. The van der Waals surface area contributed by atoms with E-state index in [0.29, 0.717) is 6.42 Å². The van der Waals surface area contributed by atoms with Gasteiger partial charge in [-0.05, 0) is 18.6 Å². The van der Waals surface area contributed by atoms with Crippen LogP contribution in [0.3, 0.4) is 0 Å². The van der Waals surface area contributed by atoms with Crippen LogP contribution in [-0.2, 0) is 4.79 Å². The van der Waals surface area contributed by atoms with E-state index in [4.69, 9.17) is 0 Å². The van der Waals surface area contributed by atoms with Gasteiger partial charge in [0.1, 0.15) is 5.75 Å². The maximum absolute atomic E-state index is 12.7. The average Bonchev–Trinajstić information content (AvgIpc) is 2.28. The van der Waals surface area contributed by atoms with E-state index in [9.17, 15) is 22.4 Å². The highest BCUT2D eigenvalue weighted by Gasteiger charge is 2.43. The van der Waals surface area contributed by atoms with Gasteiger partial charge in [0.2, 0.25) is 5.91 Å². The third kappa shape index (κ3) is 4.76. The molecule has 7 heteroatoms. The van der Waals surface area contributed by atoms with Crippen LogP contribution in [-0.4, -0.2) is 18.4 Å². The number of benzene rings is 1. The van der Waals surface area contributed by atoms with Crippen molar-refractivity contribution in [2.24, 2.45) is 0 Å². The summed E-state index contributed by atoms with van der Waals surface area (Å²) in [5.41, 5.74) is 0.209. The molecule has 1 N–H and O–H groups in total. The summed E-state index contributed by atoms with van der Waals surface area (Å²) in [5.74, 6) is -0.736. The third-order valence-electron chi connectivity index (χ3n) is 2.10. The second-order valence-corrected chi connectivity index (χ2v) is 3.79. The minimum atomic E-state index is -4.56. The molecule has 1 aromatic carbocycles. The molecule has 1 aromatic rings. The summed E-state index contributed by atoms with van der Waals surface area (Å²) in [4.78, 5) is 11.3. The lowest BCUT2D eigenvalue weighted by atomic mass is 10.2. The molecule has 0 bridgehead atoms. The molecule has 0 saturated heterocycles. The topological polar surface area (TPSA) is 38.3 Å². The highest BCUT2D eigenvalue weighted by Crippen LogP contribution is 2.28. The van der Waals surface area contributed by atoms with E-state index in [1.54, 1.807) is 0 Å². The Bertz CT molecular complexity index is 437. The maximum atomic E-state index is 12.7. The van der Waals surface area contributed by atoms with Gasteiger partial charge in [-0.1, -0.05) is 13.0 Å². The number of ether oxygens (including phenoxy) is 1. The minimum Gasteiger partial charge on any atom is -0.428 e. The smallest absolute Gasteiger partial charge is 0.428 e. The van der Waals surface area contributed by atoms with E-state index in [2.05, 4.69) is 10.1 Å². The lowest BCUT2D eigenvalue weighted by Gasteiger charge is -2.17. The normalized spacial score (nSPS) is 11.5. The van der Waals surface area contributed by atoms with Crippen LogP contribution in [0.5, 0.6) is 5.75 Å². The van der Waals surface area contributed by atoms with Crippen molar-refractivity contribution < 1.29 is 27.1 Å². The van der Waals surface area contributed by atoms with Gasteiger partial charge < -0.3 is 10.1 Å². The second-order valence-electron chi connectivity index (χ2n) is 3.79. The van der Waals surface area contributed by atoms with Crippen LogP contribution < -0.4 is 10.1 Å². The van der Waals surface area contributed by atoms with Gasteiger partial charge in [-0.15, -0.1) is 0 Å². The summed E-state index contributed by atoms with van der Waals surface area (Å²) in [6.45, 7) is 1.81. The number of hydrogen-bond acceptors (Lipinski definition) is 2. The fourth-order valence-electron chi connectivity index (χ4n) is 1.29. The highest BCUT2D eigenvalue weighted by atomic mass is 19.3. The lowest BCUT2D eigenvalue weighted by molar-refractivity contribution is -0.253. The Morgan fingerprint density at radius 3 is 2.68 bits per heavy atom. The standard InChI is InChI=1S/C12H13F4NO2/c1-2-4-10(18)17-8-5-3-6-9(7-8)19-12(15,16)11(13)14/h3,5-7,11H,2,4H2,1H3,(H,17,18). The number of carbonyl (C=O) groups is 1. The van der Waals surface area contributed by atoms with Crippen molar-refractivity contribution in [3.63, 3.8) is 0 Å². The van der Waals surface area contributed by atoms with E-state index < -0.39 is 18.3 Å². The molecule has 106 valence electrons. The number of alkyl halides is 4. The fraction of sp³-hybridized carbons (Fsp3) is 0.417. The zero-order valence-corrected chi connectivity index (χ0v) is 10.1. The molecule has 0 saturated carbocycles. The number of carbonyl (C=O) groups excluding carboxylic acids is 1. The van der Waals surface area contributed by atoms with Crippen LogP contribution in [0, 0.1) is 0 Å². The van der Waals surface area contributed by atoms with E-state index in [1.807, 2.05) is 6.92 Å². The number of hydrogen-bond donors (Lipinski definition) is 1. The SMILES string of the molecule is CCCC(=O)Nc1cccc(OC(F)(F)C(F)F)c1. The van der Waals surface area contributed by atoms with Crippen LogP contribution in [0.4, 0.5) is 23.2 Å². The number of halogens is 4. The Hall–Kier alpha value is -1.79. The molecular formula is C12H13F4NO2. The summed E-state index contributed by atoms with van der Waals surface area (Å²) in [6.07, 6.45) is -7.58. The van der Waals surface area contributed by atoms with Gasteiger partial charge in [0.15, 0.2) is 0 Å². The molecule has 0 atom stereocenters. The molecule has 0 spiro atoms. The van der Waals surface area contributed by atoms with Gasteiger partial charge in [0.05, 0.1) is 0 Å². The monoisotopic (exact) mass is 279 g/mol. The third-order valence-corrected chi connectivity index (χ3v) is 2.10. The molecule has 3 nitrogen and oxygen atoms in total. The molecule has 1 amide bonds. The maximum Gasteiger partial charge on any atom is 0.461 e. The van der Waals surface area contributed by atoms with Crippen molar-refractivity contribution in [2.75, 3.05) is 5.32 Å². The average molecular weight is 279 g/mol. The molecule has 0 aromatic heterocycles. The van der Waals surface area contributed by atoms with Gasteiger partial charge in [0, 0.05) is 18.2 Å². The van der Waals surface area contributed by atoms with Crippen LogP contribution >= 0.6 is 0 Å². The van der Waals surface area contributed by atoms with Crippen LogP contribution in [0.2, 0.25) is 0 Å². The summed E-state index contributed by atoms with van der Waals surface area (Å²) < 4.78 is 53.2. The Balaban J connectivity index is 2.75. The van der Waals surface area contributed by atoms with Gasteiger partial charge in [-0.2, -0.15) is 17.6 Å². The van der Waals surface area contributed by atoms with Crippen molar-refractivity contribution in [1.29, 1.82) is 0 Å². The Labute approximate surface area is 107 Å². The minimum absolute atomic E-state index is 0.209. The fourth-order valence-corrected chi connectivity index (χ4v) is 1.29. The Morgan fingerprint density at radius 1 is 1.42 bits per heavy atom. The van der Waals surface area contributed by atoms with E-state index in [-0.39, 0.29) is 18.0 Å². The highest BCUT2D eigenvalue weighted by molar-refractivity contribution is 5.90. The van der Waals surface area contributed by atoms with Gasteiger partial charge >= 0.3 is 12.5 Å². The van der Waals surface area contributed by atoms with Crippen molar-refractivity contribution in [1.82, 2.24) is 0 Å². The number of nitrogens with one attached hydrogen (secondary N) is 1. The van der Waals surface area contributed by atoms with Crippen molar-refractivity contribution in [3.05, 3.63) is 24.3 Å². The second kappa shape index (κ2) is 6.40. The number of anilines is 1. The van der Waals surface area contributed by atoms with Gasteiger partial charge in [-0.25, -0.2) is 0 Å². The van der Waals surface area contributed by atoms with Gasteiger partial charge in [-0.3, -0.25) is 4.79 Å². The first kappa shape index (κ1) is 15.3. The number of amides is 1. The Morgan fingerprint density at radius 2 is 2.11 bits per heavy atom. The quantitative estimate of drug-likeness (QED) is 0.807. The first-order valence-electron chi connectivity index (χ1n) is 5.60. The largest absolute Gasteiger partial charge is 0.461 e. The molecule has 0 aliphatic heterocycles. The summed E-state index contributed by atoms with van der Waals surface area (Å²) in [5, 5.41) is 2.45. The molecule has 1 rings (SSSR count). The predicted molar refractivity (Wildman–Crippen MR) is 61.6 cm³/mol. The van der Waals surface area contributed by atoms with E-state index in [0.717, 1.165) is 12.1 Å². The van der Waals surface area contributed by atoms with Crippen LogP contribution in [0.15, 0.2) is 24.3 Å². The molecule has 0 aliphatic carbocycles. The first-order valence-corrected chi connectivity index (χ1v) is 5.60. The molecular weight excluding hydrogens is 266 g/mol. The molecule has 0 radical (unpaired) electrons. The molecule has 0 unspecified atom stereocenters. The summed E-state index contributed by atoms with van der Waals surface area (Å²) >= 11 is 0. The summed E-state index contributed by atoms with van der Waals surface area (Å²) in [6, 6.07) is 4.93. The Kier molecular flexibility index (Phi) is 5.14. The van der Waals surface area contributed by atoms with Crippen molar-refractivity contribution in [3.8, 4) is 5.75 Å². The lowest BCUT2D eigenvalue weighted by Crippen LogP contribution is -2.33.